The number of piperidine rings is 1. The van der Waals surface area contributed by atoms with E-state index in [1.807, 2.05) is 0 Å². The molecule has 0 spiro atoms. The Balaban J connectivity index is 1.50. The number of hydroxylamine groups is 1. The van der Waals surface area contributed by atoms with E-state index in [-0.39, 0.29) is 12.1 Å². The summed E-state index contributed by atoms with van der Waals surface area (Å²) >= 11 is 12.1. The van der Waals surface area contributed by atoms with Crippen LogP contribution in [0.1, 0.15) is 18.4 Å². The largest absolute Gasteiger partial charge is 0.366 e. The lowest BCUT2D eigenvalue weighted by Gasteiger charge is -2.32. The van der Waals surface area contributed by atoms with E-state index in [9.17, 15) is 9.59 Å². The molecule has 30 heavy (non-hydrogen) atoms. The number of nitrogens with one attached hydrogen (secondary N) is 3. The van der Waals surface area contributed by atoms with Crippen LogP contribution in [-0.4, -0.2) is 46.2 Å². The maximum atomic E-state index is 12.4. The van der Waals surface area contributed by atoms with E-state index in [4.69, 9.17) is 28.4 Å². The Morgan fingerprint density at radius 2 is 1.87 bits per heavy atom. The standard InChI is InChI=1S/C20H21Cl2N5O3/c21-14-2-4-15(5-3-14)25-20(29)27-9-7-16(8-10-27)24-19-17(22)11-13(12-23-19)1-6-18(28)26-30/h1-6,11-12,16,30H,7-10H2,(H,23,24)(H,25,29)(H,26,28)/b6-1+. The average molecular weight is 450 g/mol. The summed E-state index contributed by atoms with van der Waals surface area (Å²) in [4.78, 5) is 29.5. The number of hydrogen-bond donors (Lipinski definition) is 4. The third-order valence-electron chi connectivity index (χ3n) is 4.62. The Bertz CT molecular complexity index is 929. The molecule has 1 aromatic carbocycles. The molecule has 0 bridgehead atoms. The number of rotatable bonds is 5. The molecule has 8 nitrogen and oxygen atoms in total. The quantitative estimate of drug-likeness (QED) is 0.313. The molecule has 3 rings (SSSR count). The van der Waals surface area contributed by atoms with Crippen molar-refractivity contribution < 1.29 is 14.8 Å². The number of hydrogen-bond acceptors (Lipinski definition) is 5. The first kappa shape index (κ1) is 21.9. The van der Waals surface area contributed by atoms with Crippen molar-refractivity contribution in [3.05, 3.63) is 58.2 Å². The van der Waals surface area contributed by atoms with Crippen molar-refractivity contribution in [1.29, 1.82) is 0 Å². The average Bonchev–Trinajstić information content (AvgIpc) is 2.75. The topological polar surface area (TPSA) is 107 Å². The lowest BCUT2D eigenvalue weighted by Crippen LogP contribution is -2.44. The van der Waals surface area contributed by atoms with Crippen molar-refractivity contribution in [3.63, 3.8) is 0 Å². The Morgan fingerprint density at radius 3 is 2.50 bits per heavy atom. The number of aromatic nitrogens is 1. The predicted molar refractivity (Wildman–Crippen MR) is 117 cm³/mol. The molecule has 158 valence electrons. The number of carbonyl (C=O) groups is 2. The molecule has 0 saturated carbocycles. The number of halogens is 2. The van der Waals surface area contributed by atoms with Gasteiger partial charge < -0.3 is 15.5 Å². The third kappa shape index (κ3) is 6.09. The number of pyridine rings is 1. The Morgan fingerprint density at radius 1 is 1.17 bits per heavy atom. The first-order chi connectivity index (χ1) is 14.4. The van der Waals surface area contributed by atoms with E-state index in [0.717, 1.165) is 12.8 Å². The van der Waals surface area contributed by atoms with Crippen molar-refractivity contribution in [3.8, 4) is 0 Å². The molecule has 0 radical (unpaired) electrons. The molecule has 2 heterocycles. The van der Waals surface area contributed by atoms with E-state index in [0.29, 0.717) is 40.2 Å². The first-order valence-electron chi connectivity index (χ1n) is 9.30. The van der Waals surface area contributed by atoms with Gasteiger partial charge in [-0.3, -0.25) is 10.0 Å². The monoisotopic (exact) mass is 449 g/mol. The van der Waals surface area contributed by atoms with Gasteiger partial charge in [0, 0.05) is 42.1 Å². The van der Waals surface area contributed by atoms with Gasteiger partial charge >= 0.3 is 6.03 Å². The highest BCUT2D eigenvalue weighted by Gasteiger charge is 2.23. The van der Waals surface area contributed by atoms with Gasteiger partial charge in [0.25, 0.3) is 5.91 Å². The van der Waals surface area contributed by atoms with Crippen molar-refractivity contribution in [2.45, 2.75) is 18.9 Å². The summed E-state index contributed by atoms with van der Waals surface area (Å²) in [7, 11) is 0. The Hall–Kier alpha value is -2.81. The summed E-state index contributed by atoms with van der Waals surface area (Å²) in [6, 6.07) is 8.64. The molecule has 1 fully saturated rings. The van der Waals surface area contributed by atoms with E-state index in [1.165, 1.54) is 17.6 Å². The number of amides is 3. The van der Waals surface area contributed by atoms with Crippen LogP contribution in [0.15, 0.2) is 42.6 Å². The molecule has 1 aliphatic heterocycles. The molecule has 2 aromatic rings. The van der Waals surface area contributed by atoms with Gasteiger partial charge in [0.05, 0.1) is 5.02 Å². The van der Waals surface area contributed by atoms with Gasteiger partial charge in [0.1, 0.15) is 5.82 Å². The maximum absolute atomic E-state index is 12.4. The summed E-state index contributed by atoms with van der Waals surface area (Å²) < 4.78 is 0. The number of nitrogens with zero attached hydrogens (tertiary/aromatic N) is 2. The zero-order valence-corrected chi connectivity index (χ0v) is 17.5. The second-order valence-electron chi connectivity index (χ2n) is 6.75. The smallest absolute Gasteiger partial charge is 0.321 e. The lowest BCUT2D eigenvalue weighted by molar-refractivity contribution is -0.124. The minimum Gasteiger partial charge on any atom is -0.366 e. The molecule has 1 saturated heterocycles. The van der Waals surface area contributed by atoms with Crippen LogP contribution in [0.2, 0.25) is 10.0 Å². The molecular formula is C20H21Cl2N5O3. The van der Waals surface area contributed by atoms with E-state index in [1.54, 1.807) is 41.4 Å². The summed E-state index contributed by atoms with van der Waals surface area (Å²) in [5.74, 6) is -0.0929. The minimum atomic E-state index is -0.639. The van der Waals surface area contributed by atoms with Crippen LogP contribution in [0.5, 0.6) is 0 Å². The van der Waals surface area contributed by atoms with Crippen LogP contribution >= 0.6 is 23.2 Å². The maximum Gasteiger partial charge on any atom is 0.321 e. The zero-order valence-electron chi connectivity index (χ0n) is 15.9. The molecule has 0 unspecified atom stereocenters. The third-order valence-corrected chi connectivity index (χ3v) is 5.16. The molecule has 3 amide bonds. The molecule has 10 heteroatoms. The lowest BCUT2D eigenvalue weighted by atomic mass is 10.1. The highest BCUT2D eigenvalue weighted by atomic mass is 35.5. The Labute approximate surface area is 183 Å². The summed E-state index contributed by atoms with van der Waals surface area (Å²) in [6.45, 7) is 1.21. The molecular weight excluding hydrogens is 429 g/mol. The summed E-state index contributed by atoms with van der Waals surface area (Å²) in [5.41, 5.74) is 2.84. The molecule has 1 aromatic heterocycles. The molecule has 4 N–H and O–H groups in total. The highest BCUT2D eigenvalue weighted by Crippen LogP contribution is 2.24. The van der Waals surface area contributed by atoms with E-state index < -0.39 is 5.91 Å². The number of likely N-dealkylation sites (tertiary alicyclic amines) is 1. The first-order valence-corrected chi connectivity index (χ1v) is 10.1. The molecule has 1 aliphatic rings. The van der Waals surface area contributed by atoms with E-state index in [2.05, 4.69) is 15.6 Å². The van der Waals surface area contributed by atoms with Gasteiger partial charge in [-0.05, 0) is 54.8 Å². The fourth-order valence-corrected chi connectivity index (χ4v) is 3.37. The second-order valence-corrected chi connectivity index (χ2v) is 7.59. The second kappa shape index (κ2) is 10.3. The summed E-state index contributed by atoms with van der Waals surface area (Å²) in [5, 5.41) is 15.7. The minimum absolute atomic E-state index is 0.135. The number of carbonyl (C=O) groups excluding carboxylic acids is 2. The van der Waals surface area contributed by atoms with Gasteiger partial charge in [0.15, 0.2) is 0 Å². The van der Waals surface area contributed by atoms with E-state index >= 15 is 0 Å². The van der Waals surface area contributed by atoms with Gasteiger partial charge in [0.2, 0.25) is 0 Å². The SMILES string of the molecule is O=C(/C=C/c1cnc(NC2CCN(C(=O)Nc3ccc(Cl)cc3)CC2)c(Cl)c1)NO. The van der Waals surface area contributed by atoms with Crippen molar-refractivity contribution in [2.75, 3.05) is 23.7 Å². The van der Waals surface area contributed by atoms with Gasteiger partial charge in [-0.25, -0.2) is 15.3 Å². The number of urea groups is 1. The van der Waals surface area contributed by atoms with Crippen molar-refractivity contribution in [2.24, 2.45) is 0 Å². The van der Waals surface area contributed by atoms with Crippen LogP contribution in [0.3, 0.4) is 0 Å². The van der Waals surface area contributed by atoms with Crippen molar-refractivity contribution in [1.82, 2.24) is 15.4 Å². The number of anilines is 2. The van der Waals surface area contributed by atoms with Crippen LogP contribution in [0, 0.1) is 0 Å². The van der Waals surface area contributed by atoms with Crippen LogP contribution < -0.4 is 16.1 Å². The van der Waals surface area contributed by atoms with Crippen molar-refractivity contribution >= 4 is 52.7 Å². The highest BCUT2D eigenvalue weighted by molar-refractivity contribution is 6.33. The summed E-state index contributed by atoms with van der Waals surface area (Å²) in [6.07, 6.45) is 5.75. The van der Waals surface area contributed by atoms with Gasteiger partial charge in [-0.2, -0.15) is 0 Å². The van der Waals surface area contributed by atoms with Crippen LogP contribution in [0.4, 0.5) is 16.3 Å². The predicted octanol–water partition coefficient (Wildman–Crippen LogP) is 4.02. The fourth-order valence-electron chi connectivity index (χ4n) is 3.02. The number of benzene rings is 1. The fraction of sp³-hybridized carbons (Fsp3) is 0.250. The zero-order chi connectivity index (χ0) is 21.5. The molecule has 0 atom stereocenters. The van der Waals surface area contributed by atoms with Crippen LogP contribution in [0.25, 0.3) is 6.08 Å². The Kier molecular flexibility index (Phi) is 7.51. The van der Waals surface area contributed by atoms with Crippen LogP contribution in [-0.2, 0) is 4.79 Å². The molecule has 0 aliphatic carbocycles. The normalized spacial score (nSPS) is 14.6. The van der Waals surface area contributed by atoms with Gasteiger partial charge in [-0.15, -0.1) is 0 Å². The van der Waals surface area contributed by atoms with Gasteiger partial charge in [-0.1, -0.05) is 23.2 Å².